The van der Waals surface area contributed by atoms with Gasteiger partial charge < -0.3 is 4.74 Å². The molecule has 0 radical (unpaired) electrons. The van der Waals surface area contributed by atoms with Crippen LogP contribution in [-0.4, -0.2) is 28.2 Å². The predicted octanol–water partition coefficient (Wildman–Crippen LogP) is 3.56. The van der Waals surface area contributed by atoms with Gasteiger partial charge in [-0.25, -0.2) is 18.1 Å². The zero-order valence-electron chi connectivity index (χ0n) is 15.4. The van der Waals surface area contributed by atoms with Crippen LogP contribution in [0.1, 0.15) is 5.82 Å². The van der Waals surface area contributed by atoms with Crippen molar-refractivity contribution in [2.24, 2.45) is 0 Å². The van der Waals surface area contributed by atoms with E-state index in [-0.39, 0.29) is 4.90 Å². The molecule has 0 aliphatic carbocycles. The normalized spacial score (nSPS) is 11.2. The van der Waals surface area contributed by atoms with E-state index in [1.54, 1.807) is 78.6 Å². The van der Waals surface area contributed by atoms with Crippen LogP contribution in [0.5, 0.6) is 11.6 Å². The highest BCUT2D eigenvalue weighted by Crippen LogP contribution is 2.24. The van der Waals surface area contributed by atoms with Crippen LogP contribution in [0.15, 0.2) is 84.0 Å². The van der Waals surface area contributed by atoms with Gasteiger partial charge in [-0.05, 0) is 49.4 Å². The third-order valence-corrected chi connectivity index (χ3v) is 5.32. The Balaban J connectivity index is 1.51. The van der Waals surface area contributed by atoms with Gasteiger partial charge in [-0.1, -0.05) is 18.2 Å². The van der Waals surface area contributed by atoms with Gasteiger partial charge >= 0.3 is 0 Å². The van der Waals surface area contributed by atoms with Crippen LogP contribution in [0, 0.1) is 6.92 Å². The molecule has 9 heteroatoms. The second kappa shape index (κ2) is 7.72. The maximum Gasteiger partial charge on any atom is 0.261 e. The summed E-state index contributed by atoms with van der Waals surface area (Å²) < 4.78 is 34.7. The number of nitrogens with zero attached hydrogens (tertiary/aromatic N) is 4. The van der Waals surface area contributed by atoms with Crippen LogP contribution in [-0.2, 0) is 10.0 Å². The molecule has 0 aliphatic heterocycles. The van der Waals surface area contributed by atoms with Crippen molar-refractivity contribution in [2.75, 3.05) is 4.72 Å². The zero-order valence-corrected chi connectivity index (χ0v) is 16.2. The van der Waals surface area contributed by atoms with Crippen LogP contribution in [0.4, 0.5) is 5.69 Å². The van der Waals surface area contributed by atoms with E-state index in [1.165, 1.54) is 12.1 Å². The van der Waals surface area contributed by atoms with Crippen molar-refractivity contribution in [2.45, 2.75) is 11.8 Å². The molecule has 0 bridgehead atoms. The maximum absolute atomic E-state index is 12.4. The van der Waals surface area contributed by atoms with Crippen LogP contribution in [0.3, 0.4) is 0 Å². The van der Waals surface area contributed by atoms with E-state index in [9.17, 15) is 8.42 Å². The predicted molar refractivity (Wildman–Crippen MR) is 108 cm³/mol. The first-order valence-electron chi connectivity index (χ1n) is 8.71. The smallest absolute Gasteiger partial charge is 0.261 e. The van der Waals surface area contributed by atoms with Crippen molar-refractivity contribution in [1.82, 2.24) is 19.7 Å². The number of rotatable bonds is 6. The van der Waals surface area contributed by atoms with Crippen LogP contribution in [0.2, 0.25) is 0 Å². The molecular weight excluding hydrogens is 390 g/mol. The number of aryl methyl sites for hydroxylation is 1. The molecule has 0 spiro atoms. The maximum atomic E-state index is 12.4. The van der Waals surface area contributed by atoms with E-state index in [4.69, 9.17) is 4.74 Å². The van der Waals surface area contributed by atoms with E-state index in [2.05, 4.69) is 19.8 Å². The Hall–Kier alpha value is -3.72. The Bertz CT molecular complexity index is 1210. The molecular formula is C20H17N5O3S. The average Bonchev–Trinajstić information content (AvgIpc) is 3.25. The van der Waals surface area contributed by atoms with E-state index in [0.717, 1.165) is 0 Å². The number of hydrogen-bond donors (Lipinski definition) is 1. The quantitative estimate of drug-likeness (QED) is 0.525. The molecule has 4 rings (SSSR count). The first-order valence-corrected chi connectivity index (χ1v) is 10.2. The van der Waals surface area contributed by atoms with Gasteiger partial charge in [0.25, 0.3) is 10.0 Å². The zero-order chi connectivity index (χ0) is 20.3. The number of ether oxygens (including phenoxy) is 1. The molecule has 0 saturated heterocycles. The molecule has 2 aromatic carbocycles. The lowest BCUT2D eigenvalue weighted by molar-refractivity contribution is 0.459. The summed E-state index contributed by atoms with van der Waals surface area (Å²) in [6, 6.07) is 18.2. The number of aromatic nitrogens is 4. The minimum Gasteiger partial charge on any atom is -0.439 e. The number of benzene rings is 2. The number of anilines is 1. The lowest BCUT2D eigenvalue weighted by atomic mass is 10.3. The van der Waals surface area contributed by atoms with Gasteiger partial charge in [0.05, 0.1) is 4.90 Å². The van der Waals surface area contributed by atoms with E-state index in [1.807, 2.05) is 0 Å². The summed E-state index contributed by atoms with van der Waals surface area (Å²) in [6.45, 7) is 1.77. The first-order chi connectivity index (χ1) is 14.0. The summed E-state index contributed by atoms with van der Waals surface area (Å²) in [4.78, 5) is 8.81. The SMILES string of the molecule is Cc1nc(Oc2ccc(NS(=O)(=O)c3ccccc3)cc2)cc(-n2cccn2)n1. The first kappa shape index (κ1) is 18.6. The van der Waals surface area contributed by atoms with E-state index >= 15 is 0 Å². The molecule has 2 aromatic heterocycles. The van der Waals surface area contributed by atoms with E-state index in [0.29, 0.717) is 29.0 Å². The Labute approximate surface area is 167 Å². The highest BCUT2D eigenvalue weighted by molar-refractivity contribution is 7.92. The van der Waals surface area contributed by atoms with E-state index < -0.39 is 10.0 Å². The lowest BCUT2D eigenvalue weighted by Gasteiger charge is -2.10. The fraction of sp³-hybridized carbons (Fsp3) is 0.0500. The minimum absolute atomic E-state index is 0.197. The Kier molecular flexibility index (Phi) is 4.96. The van der Waals surface area contributed by atoms with Gasteiger partial charge in [0.2, 0.25) is 5.88 Å². The molecule has 0 amide bonds. The standard InChI is InChI=1S/C20H17N5O3S/c1-15-22-19(25-13-5-12-21-25)14-20(23-15)28-17-10-8-16(9-11-17)24-29(26,27)18-6-3-2-4-7-18/h2-14,24H,1H3. The third kappa shape index (κ3) is 4.41. The molecule has 2 heterocycles. The van der Waals surface area contributed by atoms with Gasteiger partial charge in [0.1, 0.15) is 11.6 Å². The number of nitrogens with one attached hydrogen (secondary N) is 1. The molecule has 4 aromatic rings. The molecule has 8 nitrogen and oxygen atoms in total. The summed E-state index contributed by atoms with van der Waals surface area (Å²) in [5, 5.41) is 4.15. The monoisotopic (exact) mass is 407 g/mol. The second-order valence-corrected chi connectivity index (χ2v) is 7.79. The highest BCUT2D eigenvalue weighted by Gasteiger charge is 2.13. The molecule has 0 saturated carbocycles. The highest BCUT2D eigenvalue weighted by atomic mass is 32.2. The van der Waals surface area contributed by atoms with Crippen molar-refractivity contribution in [3.05, 3.63) is 84.9 Å². The van der Waals surface area contributed by atoms with Crippen molar-refractivity contribution in [1.29, 1.82) is 0 Å². The molecule has 29 heavy (non-hydrogen) atoms. The summed E-state index contributed by atoms with van der Waals surface area (Å²) >= 11 is 0. The fourth-order valence-electron chi connectivity index (χ4n) is 2.62. The molecule has 0 aliphatic rings. The second-order valence-electron chi connectivity index (χ2n) is 6.11. The minimum atomic E-state index is -3.64. The Morgan fingerprint density at radius 3 is 2.41 bits per heavy atom. The molecule has 1 N–H and O–H groups in total. The summed E-state index contributed by atoms with van der Waals surface area (Å²) in [7, 11) is -3.64. The largest absolute Gasteiger partial charge is 0.439 e. The van der Waals surface area contributed by atoms with Crippen molar-refractivity contribution in [3.8, 4) is 17.4 Å². The third-order valence-electron chi connectivity index (χ3n) is 3.92. The van der Waals surface area contributed by atoms with Crippen LogP contribution < -0.4 is 9.46 Å². The van der Waals surface area contributed by atoms with Gasteiger partial charge in [-0.3, -0.25) is 4.72 Å². The molecule has 0 atom stereocenters. The number of sulfonamides is 1. The summed E-state index contributed by atoms with van der Waals surface area (Å²) in [5.74, 6) is 2.00. The van der Waals surface area contributed by atoms with Gasteiger partial charge in [0, 0.05) is 24.1 Å². The molecule has 146 valence electrons. The summed E-state index contributed by atoms with van der Waals surface area (Å²) in [6.07, 6.45) is 3.44. The lowest BCUT2D eigenvalue weighted by Crippen LogP contribution is -2.12. The Morgan fingerprint density at radius 2 is 1.72 bits per heavy atom. The molecule has 0 unspecified atom stereocenters. The summed E-state index contributed by atoms with van der Waals surface area (Å²) in [5.41, 5.74) is 0.428. The topological polar surface area (TPSA) is 99.0 Å². The van der Waals surface area contributed by atoms with Gasteiger partial charge in [-0.15, -0.1) is 0 Å². The molecule has 0 fully saturated rings. The van der Waals surface area contributed by atoms with Crippen molar-refractivity contribution in [3.63, 3.8) is 0 Å². The van der Waals surface area contributed by atoms with Crippen molar-refractivity contribution >= 4 is 15.7 Å². The van der Waals surface area contributed by atoms with Crippen LogP contribution in [0.25, 0.3) is 5.82 Å². The van der Waals surface area contributed by atoms with Gasteiger partial charge in [0.15, 0.2) is 5.82 Å². The number of hydrogen-bond acceptors (Lipinski definition) is 6. The Morgan fingerprint density at radius 1 is 0.966 bits per heavy atom. The fourth-order valence-corrected chi connectivity index (χ4v) is 3.70. The van der Waals surface area contributed by atoms with Crippen molar-refractivity contribution < 1.29 is 13.2 Å². The van der Waals surface area contributed by atoms with Crippen LogP contribution >= 0.6 is 0 Å². The van der Waals surface area contributed by atoms with Gasteiger partial charge in [-0.2, -0.15) is 10.1 Å². The average molecular weight is 407 g/mol.